The van der Waals surface area contributed by atoms with Gasteiger partial charge in [0.2, 0.25) is 0 Å². The molecule has 2 heterocycles. The second-order valence-electron chi connectivity index (χ2n) is 5.13. The number of para-hydroxylation sites is 1. The minimum atomic E-state index is -0.181. The minimum absolute atomic E-state index is 0.0213. The van der Waals surface area contributed by atoms with Gasteiger partial charge in [0.1, 0.15) is 5.75 Å². The van der Waals surface area contributed by atoms with Gasteiger partial charge in [0.15, 0.2) is 6.61 Å². The van der Waals surface area contributed by atoms with Crippen LogP contribution in [0.25, 0.3) is 11.3 Å². The van der Waals surface area contributed by atoms with Crippen LogP contribution in [-0.2, 0) is 11.3 Å². The van der Waals surface area contributed by atoms with E-state index in [1.54, 1.807) is 18.6 Å². The number of pyridine rings is 2. The topological polar surface area (TPSA) is 64.1 Å². The summed E-state index contributed by atoms with van der Waals surface area (Å²) in [6, 6.07) is 16.8. The number of amides is 1. The Kier molecular flexibility index (Phi) is 5.14. The second kappa shape index (κ2) is 7.87. The Morgan fingerprint density at radius 2 is 1.83 bits per heavy atom. The number of hydrogen-bond acceptors (Lipinski definition) is 4. The molecule has 0 aliphatic heterocycles. The van der Waals surface area contributed by atoms with E-state index in [1.807, 2.05) is 54.6 Å². The third-order valence-corrected chi connectivity index (χ3v) is 3.42. The van der Waals surface area contributed by atoms with E-state index in [1.165, 1.54) is 0 Å². The molecule has 1 aromatic carbocycles. The van der Waals surface area contributed by atoms with E-state index in [2.05, 4.69) is 15.3 Å². The lowest BCUT2D eigenvalue weighted by Gasteiger charge is -2.10. The normalized spacial score (nSPS) is 10.2. The largest absolute Gasteiger partial charge is 0.484 e. The van der Waals surface area contributed by atoms with Gasteiger partial charge in [-0.15, -0.1) is 0 Å². The van der Waals surface area contributed by atoms with Gasteiger partial charge in [0.05, 0.1) is 5.69 Å². The monoisotopic (exact) mass is 319 g/mol. The predicted molar refractivity (Wildman–Crippen MR) is 91.3 cm³/mol. The van der Waals surface area contributed by atoms with Crippen molar-refractivity contribution in [3.05, 3.63) is 78.8 Å². The molecule has 0 bridgehead atoms. The number of ether oxygens (including phenoxy) is 1. The lowest BCUT2D eigenvalue weighted by atomic mass is 10.1. The summed E-state index contributed by atoms with van der Waals surface area (Å²) >= 11 is 0. The molecule has 0 radical (unpaired) electrons. The summed E-state index contributed by atoms with van der Waals surface area (Å²) in [6.07, 6.45) is 5.20. The van der Waals surface area contributed by atoms with Crippen molar-refractivity contribution in [3.8, 4) is 17.0 Å². The van der Waals surface area contributed by atoms with Gasteiger partial charge >= 0.3 is 0 Å². The molecule has 5 nitrogen and oxygen atoms in total. The van der Waals surface area contributed by atoms with Gasteiger partial charge in [-0.1, -0.05) is 24.3 Å². The Morgan fingerprint density at radius 1 is 1.00 bits per heavy atom. The molecule has 0 unspecified atom stereocenters. The number of carbonyl (C=O) groups excluding carboxylic acids is 1. The Hall–Kier alpha value is -3.21. The average Bonchev–Trinajstić information content (AvgIpc) is 2.66. The van der Waals surface area contributed by atoms with E-state index in [-0.39, 0.29) is 12.5 Å². The van der Waals surface area contributed by atoms with E-state index < -0.39 is 0 Å². The van der Waals surface area contributed by atoms with Gasteiger partial charge in [-0.05, 0) is 35.9 Å². The van der Waals surface area contributed by atoms with Crippen molar-refractivity contribution >= 4 is 5.91 Å². The summed E-state index contributed by atoms with van der Waals surface area (Å²) in [6.45, 7) is 0.363. The summed E-state index contributed by atoms with van der Waals surface area (Å²) in [5, 5.41) is 2.86. The van der Waals surface area contributed by atoms with Crippen molar-refractivity contribution in [2.24, 2.45) is 0 Å². The Bertz CT molecular complexity index is 792. The molecule has 0 fully saturated rings. The highest BCUT2D eigenvalue weighted by molar-refractivity contribution is 5.77. The summed E-state index contributed by atoms with van der Waals surface area (Å²) < 4.78 is 5.43. The maximum Gasteiger partial charge on any atom is 0.258 e. The Morgan fingerprint density at radius 3 is 2.62 bits per heavy atom. The van der Waals surface area contributed by atoms with Crippen molar-refractivity contribution in [3.63, 3.8) is 0 Å². The van der Waals surface area contributed by atoms with E-state index in [9.17, 15) is 4.79 Å². The van der Waals surface area contributed by atoms with Gasteiger partial charge in [-0.25, -0.2) is 0 Å². The quantitative estimate of drug-likeness (QED) is 0.759. The van der Waals surface area contributed by atoms with Gasteiger partial charge in [0, 0.05) is 30.7 Å². The van der Waals surface area contributed by atoms with Gasteiger partial charge in [0.25, 0.3) is 5.91 Å². The highest BCUT2D eigenvalue weighted by Gasteiger charge is 2.08. The minimum Gasteiger partial charge on any atom is -0.484 e. The Labute approximate surface area is 140 Å². The van der Waals surface area contributed by atoms with Crippen molar-refractivity contribution in [2.45, 2.75) is 6.54 Å². The molecular formula is C19H17N3O2. The van der Waals surface area contributed by atoms with E-state index in [4.69, 9.17) is 4.74 Å². The van der Waals surface area contributed by atoms with Crippen molar-refractivity contribution in [2.75, 3.05) is 6.61 Å². The van der Waals surface area contributed by atoms with Crippen LogP contribution in [0.2, 0.25) is 0 Å². The fraction of sp³-hybridized carbons (Fsp3) is 0.105. The molecule has 5 heteroatoms. The maximum atomic E-state index is 12.0. The first-order valence-electron chi connectivity index (χ1n) is 7.62. The van der Waals surface area contributed by atoms with Crippen molar-refractivity contribution < 1.29 is 9.53 Å². The molecule has 0 atom stereocenters. The van der Waals surface area contributed by atoms with Gasteiger partial charge in [-0.3, -0.25) is 14.8 Å². The Balaban J connectivity index is 1.60. The molecule has 0 aliphatic rings. The summed E-state index contributed by atoms with van der Waals surface area (Å²) in [4.78, 5) is 20.5. The summed E-state index contributed by atoms with van der Waals surface area (Å²) in [5.74, 6) is 0.491. The molecule has 0 saturated heterocycles. The van der Waals surface area contributed by atoms with Crippen LogP contribution < -0.4 is 10.1 Å². The van der Waals surface area contributed by atoms with Gasteiger partial charge in [-0.2, -0.15) is 0 Å². The lowest BCUT2D eigenvalue weighted by molar-refractivity contribution is -0.123. The smallest absolute Gasteiger partial charge is 0.258 e. The van der Waals surface area contributed by atoms with Crippen LogP contribution in [0.5, 0.6) is 5.75 Å². The molecule has 24 heavy (non-hydrogen) atoms. The lowest BCUT2D eigenvalue weighted by Crippen LogP contribution is -2.28. The highest BCUT2D eigenvalue weighted by atomic mass is 16.5. The van der Waals surface area contributed by atoms with Crippen LogP contribution in [0, 0.1) is 0 Å². The number of nitrogens with zero attached hydrogens (tertiary/aromatic N) is 2. The van der Waals surface area contributed by atoms with Crippen LogP contribution in [0.1, 0.15) is 5.56 Å². The first-order valence-corrected chi connectivity index (χ1v) is 7.62. The molecule has 0 saturated carbocycles. The maximum absolute atomic E-state index is 12.0. The predicted octanol–water partition coefficient (Wildman–Crippen LogP) is 2.84. The van der Waals surface area contributed by atoms with E-state index >= 15 is 0 Å². The molecule has 120 valence electrons. The van der Waals surface area contributed by atoms with Crippen LogP contribution in [-0.4, -0.2) is 22.5 Å². The van der Waals surface area contributed by atoms with Crippen LogP contribution >= 0.6 is 0 Å². The number of nitrogens with one attached hydrogen (secondary N) is 1. The van der Waals surface area contributed by atoms with Crippen LogP contribution in [0.4, 0.5) is 0 Å². The second-order valence-corrected chi connectivity index (χ2v) is 5.13. The number of rotatable bonds is 6. The molecule has 2 aromatic heterocycles. The molecular weight excluding hydrogens is 302 g/mol. The van der Waals surface area contributed by atoms with Crippen molar-refractivity contribution in [1.82, 2.24) is 15.3 Å². The molecule has 0 spiro atoms. The zero-order valence-electron chi connectivity index (χ0n) is 13.1. The summed E-state index contributed by atoms with van der Waals surface area (Å²) in [5.41, 5.74) is 2.66. The molecule has 0 aliphatic carbocycles. The first kappa shape index (κ1) is 15.7. The number of hydrogen-bond donors (Lipinski definition) is 1. The molecule has 3 aromatic rings. The number of carbonyl (C=O) groups is 1. The van der Waals surface area contributed by atoms with Crippen LogP contribution in [0.3, 0.4) is 0 Å². The third kappa shape index (κ3) is 4.16. The average molecular weight is 319 g/mol. The SMILES string of the molecule is O=C(COc1ccccc1)NCc1cccnc1-c1cccnc1. The van der Waals surface area contributed by atoms with E-state index in [0.29, 0.717) is 12.3 Å². The fourth-order valence-electron chi connectivity index (χ4n) is 2.25. The van der Waals surface area contributed by atoms with Gasteiger partial charge < -0.3 is 10.1 Å². The van der Waals surface area contributed by atoms with E-state index in [0.717, 1.165) is 16.8 Å². The highest BCUT2D eigenvalue weighted by Crippen LogP contribution is 2.19. The fourth-order valence-corrected chi connectivity index (χ4v) is 2.25. The third-order valence-electron chi connectivity index (χ3n) is 3.42. The first-order chi connectivity index (χ1) is 11.8. The molecule has 3 rings (SSSR count). The standard InChI is InChI=1S/C19H17N3O2/c23-18(14-24-17-8-2-1-3-9-17)22-13-16-7-5-11-21-19(16)15-6-4-10-20-12-15/h1-12H,13-14H2,(H,22,23). The molecule has 1 N–H and O–H groups in total. The van der Waals surface area contributed by atoms with Crippen molar-refractivity contribution in [1.29, 1.82) is 0 Å². The molecule has 1 amide bonds. The number of aromatic nitrogens is 2. The number of benzene rings is 1. The van der Waals surface area contributed by atoms with Crippen LogP contribution in [0.15, 0.2) is 73.2 Å². The summed E-state index contributed by atoms with van der Waals surface area (Å²) in [7, 11) is 0. The zero-order valence-corrected chi connectivity index (χ0v) is 13.1. The zero-order chi connectivity index (χ0) is 16.6.